The summed E-state index contributed by atoms with van der Waals surface area (Å²) in [7, 11) is 3.99. The Morgan fingerprint density at radius 3 is 2.58 bits per heavy atom. The molecule has 1 atom stereocenters. The standard InChI is InChI=1S/C31H34ClN3O5/c1-4-38-31(37)23-14-16-39-27-18-28(25(32)17-24(23)27)40-22-10-7-21(8-11-22)30(36)33-15-13-20-9-12-26(19-5-6-19)34-29(20)35(2)3/h7-12,17-19,23H,4-6,13-16H2,1-3H3,(H,33,36). The maximum Gasteiger partial charge on any atom is 0.313 e. The lowest BCUT2D eigenvalue weighted by Crippen LogP contribution is -2.26. The number of fused-ring (bicyclic) bond motifs is 1. The molecule has 2 heterocycles. The number of nitrogens with one attached hydrogen (secondary N) is 1. The summed E-state index contributed by atoms with van der Waals surface area (Å²) in [5.41, 5.74) is 3.49. The summed E-state index contributed by atoms with van der Waals surface area (Å²) in [6.45, 7) is 3.00. The largest absolute Gasteiger partial charge is 0.493 e. The van der Waals surface area contributed by atoms with Gasteiger partial charge in [-0.1, -0.05) is 17.7 Å². The van der Waals surface area contributed by atoms with Crippen LogP contribution < -0.4 is 19.7 Å². The highest BCUT2D eigenvalue weighted by Crippen LogP contribution is 2.42. The van der Waals surface area contributed by atoms with Gasteiger partial charge in [-0.15, -0.1) is 0 Å². The van der Waals surface area contributed by atoms with E-state index in [1.54, 1.807) is 43.3 Å². The number of ether oxygens (including phenoxy) is 3. The van der Waals surface area contributed by atoms with E-state index in [4.69, 9.17) is 30.8 Å². The number of carbonyl (C=O) groups excluding carboxylic acids is 2. The van der Waals surface area contributed by atoms with Crippen LogP contribution in [0, 0.1) is 0 Å². The van der Waals surface area contributed by atoms with Crippen molar-refractivity contribution in [2.45, 2.75) is 44.4 Å². The van der Waals surface area contributed by atoms with Crippen LogP contribution in [0.25, 0.3) is 0 Å². The second kappa shape index (κ2) is 12.2. The molecule has 1 aromatic heterocycles. The van der Waals surface area contributed by atoms with Gasteiger partial charge in [0.2, 0.25) is 0 Å². The smallest absolute Gasteiger partial charge is 0.313 e. The quantitative estimate of drug-likeness (QED) is 0.308. The second-order valence-electron chi connectivity index (χ2n) is 10.3. The van der Waals surface area contributed by atoms with Crippen molar-refractivity contribution in [3.05, 3.63) is 75.9 Å². The lowest BCUT2D eigenvalue weighted by atomic mass is 9.93. The number of amides is 1. The average Bonchev–Trinajstić information content (AvgIpc) is 3.79. The van der Waals surface area contributed by atoms with Gasteiger partial charge in [0.05, 0.1) is 24.2 Å². The molecule has 0 bridgehead atoms. The van der Waals surface area contributed by atoms with Gasteiger partial charge >= 0.3 is 5.97 Å². The van der Waals surface area contributed by atoms with Crippen molar-refractivity contribution >= 4 is 29.3 Å². The van der Waals surface area contributed by atoms with Crippen molar-refractivity contribution in [1.82, 2.24) is 10.3 Å². The number of hydrogen-bond acceptors (Lipinski definition) is 7. The van der Waals surface area contributed by atoms with Crippen molar-refractivity contribution < 1.29 is 23.8 Å². The van der Waals surface area contributed by atoms with E-state index >= 15 is 0 Å². The van der Waals surface area contributed by atoms with Crippen LogP contribution in [0.3, 0.4) is 0 Å². The molecule has 0 radical (unpaired) electrons. The van der Waals surface area contributed by atoms with Crippen molar-refractivity contribution in [2.75, 3.05) is 38.8 Å². The van der Waals surface area contributed by atoms with Gasteiger partial charge < -0.3 is 24.4 Å². The number of nitrogens with zero attached hydrogens (tertiary/aromatic N) is 2. The molecule has 2 aromatic carbocycles. The van der Waals surface area contributed by atoms with Crippen LogP contribution in [-0.2, 0) is 16.0 Å². The highest BCUT2D eigenvalue weighted by molar-refractivity contribution is 6.32. The van der Waals surface area contributed by atoms with Gasteiger partial charge in [0.25, 0.3) is 5.91 Å². The van der Waals surface area contributed by atoms with Gasteiger partial charge in [0, 0.05) is 49.4 Å². The van der Waals surface area contributed by atoms with Crippen molar-refractivity contribution in [1.29, 1.82) is 0 Å². The van der Waals surface area contributed by atoms with E-state index < -0.39 is 5.92 Å². The molecular weight excluding hydrogens is 530 g/mol. The Labute approximate surface area is 239 Å². The molecule has 210 valence electrons. The number of esters is 1. The van der Waals surface area contributed by atoms with E-state index in [0.717, 1.165) is 17.1 Å². The third-order valence-electron chi connectivity index (χ3n) is 7.10. The zero-order valence-corrected chi connectivity index (χ0v) is 23.8. The van der Waals surface area contributed by atoms with Crippen molar-refractivity contribution in [2.24, 2.45) is 0 Å². The first-order valence-electron chi connectivity index (χ1n) is 13.7. The van der Waals surface area contributed by atoms with E-state index in [0.29, 0.717) is 71.9 Å². The molecule has 0 saturated heterocycles. The van der Waals surface area contributed by atoms with E-state index in [-0.39, 0.29) is 11.9 Å². The Kier molecular flexibility index (Phi) is 8.45. The van der Waals surface area contributed by atoms with Crippen LogP contribution in [0.2, 0.25) is 5.02 Å². The normalized spacial score (nSPS) is 15.9. The van der Waals surface area contributed by atoms with E-state index in [1.807, 2.05) is 19.0 Å². The molecule has 1 aliphatic heterocycles. The van der Waals surface area contributed by atoms with Crippen molar-refractivity contribution in [3.8, 4) is 17.2 Å². The summed E-state index contributed by atoms with van der Waals surface area (Å²) in [6.07, 6.45) is 3.65. The van der Waals surface area contributed by atoms with Crippen LogP contribution in [0.1, 0.15) is 65.2 Å². The Balaban J connectivity index is 1.19. The molecule has 1 N–H and O–H groups in total. The Morgan fingerprint density at radius 2 is 1.88 bits per heavy atom. The molecule has 40 heavy (non-hydrogen) atoms. The molecule has 8 nitrogen and oxygen atoms in total. The van der Waals surface area contributed by atoms with Gasteiger partial charge in [-0.25, -0.2) is 4.98 Å². The third kappa shape index (κ3) is 6.33. The monoisotopic (exact) mass is 563 g/mol. The number of aromatic nitrogens is 1. The van der Waals surface area contributed by atoms with Crippen LogP contribution in [0.5, 0.6) is 17.2 Å². The molecule has 1 saturated carbocycles. The summed E-state index contributed by atoms with van der Waals surface area (Å²) in [5.74, 6) is 2.17. The molecule has 3 aromatic rings. The number of carbonyl (C=O) groups is 2. The van der Waals surface area contributed by atoms with E-state index in [2.05, 4.69) is 17.4 Å². The fraction of sp³-hybridized carbons (Fsp3) is 0.387. The van der Waals surface area contributed by atoms with Gasteiger partial charge in [-0.3, -0.25) is 9.59 Å². The second-order valence-corrected chi connectivity index (χ2v) is 10.7. The lowest BCUT2D eigenvalue weighted by Gasteiger charge is -2.25. The number of hydrogen-bond donors (Lipinski definition) is 1. The van der Waals surface area contributed by atoms with Gasteiger partial charge in [-0.2, -0.15) is 0 Å². The Bertz CT molecular complexity index is 1390. The molecule has 1 amide bonds. The number of rotatable bonds is 10. The van der Waals surface area contributed by atoms with Gasteiger partial charge in [0.15, 0.2) is 0 Å². The summed E-state index contributed by atoms with van der Waals surface area (Å²) in [4.78, 5) is 32.0. The molecular formula is C31H34ClN3O5. The zero-order chi connectivity index (χ0) is 28.2. The minimum Gasteiger partial charge on any atom is -0.493 e. The molecule has 2 aliphatic rings. The number of pyridine rings is 1. The topological polar surface area (TPSA) is 90.0 Å². The highest BCUT2D eigenvalue weighted by Gasteiger charge is 2.30. The first kappa shape index (κ1) is 27.8. The summed E-state index contributed by atoms with van der Waals surface area (Å²) < 4.78 is 17.0. The molecule has 1 aliphatic carbocycles. The SMILES string of the molecule is CCOC(=O)C1CCOc2cc(Oc3ccc(C(=O)NCCc4ccc(C5CC5)nc4N(C)C)cc3)c(Cl)cc21. The predicted octanol–water partition coefficient (Wildman–Crippen LogP) is 5.87. The number of halogens is 1. The average molecular weight is 564 g/mol. The van der Waals surface area contributed by atoms with Crippen LogP contribution in [-0.4, -0.2) is 50.7 Å². The Morgan fingerprint density at radius 1 is 1.10 bits per heavy atom. The first-order valence-corrected chi connectivity index (χ1v) is 14.1. The minimum absolute atomic E-state index is 0.161. The molecule has 0 spiro atoms. The maximum atomic E-state index is 12.8. The number of anilines is 1. The van der Waals surface area contributed by atoms with Crippen LogP contribution >= 0.6 is 11.6 Å². The molecule has 1 fully saturated rings. The van der Waals surface area contributed by atoms with Crippen LogP contribution in [0.4, 0.5) is 5.82 Å². The molecule has 1 unspecified atom stereocenters. The predicted molar refractivity (Wildman–Crippen MR) is 154 cm³/mol. The lowest BCUT2D eigenvalue weighted by molar-refractivity contribution is -0.145. The highest BCUT2D eigenvalue weighted by atomic mass is 35.5. The fourth-order valence-electron chi connectivity index (χ4n) is 4.85. The Hall–Kier alpha value is -3.78. The fourth-order valence-corrected chi connectivity index (χ4v) is 5.06. The third-order valence-corrected chi connectivity index (χ3v) is 7.39. The van der Waals surface area contributed by atoms with Crippen LogP contribution in [0.15, 0.2) is 48.5 Å². The summed E-state index contributed by atoms with van der Waals surface area (Å²) in [6, 6.07) is 14.5. The van der Waals surface area contributed by atoms with Gasteiger partial charge in [-0.05, 0) is 74.6 Å². The molecule has 5 rings (SSSR count). The van der Waals surface area contributed by atoms with Crippen molar-refractivity contribution in [3.63, 3.8) is 0 Å². The minimum atomic E-state index is -0.416. The maximum absolute atomic E-state index is 12.8. The van der Waals surface area contributed by atoms with E-state index in [9.17, 15) is 9.59 Å². The van der Waals surface area contributed by atoms with Gasteiger partial charge in [0.1, 0.15) is 23.1 Å². The first-order chi connectivity index (χ1) is 19.3. The zero-order valence-electron chi connectivity index (χ0n) is 23.0. The number of benzene rings is 2. The summed E-state index contributed by atoms with van der Waals surface area (Å²) >= 11 is 6.50. The summed E-state index contributed by atoms with van der Waals surface area (Å²) in [5, 5.41) is 3.35. The van der Waals surface area contributed by atoms with E-state index in [1.165, 1.54) is 12.8 Å². The molecule has 9 heteroatoms.